The van der Waals surface area contributed by atoms with E-state index < -0.39 is 6.04 Å². The predicted octanol–water partition coefficient (Wildman–Crippen LogP) is 3.66. The molecule has 0 aromatic heterocycles. The molecular weight excluding hydrogens is 408 g/mol. The molecule has 7 nitrogen and oxygen atoms in total. The zero-order valence-electron chi connectivity index (χ0n) is 19.7. The quantitative estimate of drug-likeness (QED) is 0.519. The summed E-state index contributed by atoms with van der Waals surface area (Å²) >= 11 is 0. The van der Waals surface area contributed by atoms with Crippen LogP contribution in [0.15, 0.2) is 42.5 Å². The third-order valence-electron chi connectivity index (χ3n) is 5.14. The van der Waals surface area contributed by atoms with Gasteiger partial charge in [-0.05, 0) is 49.6 Å². The second kappa shape index (κ2) is 12.1. The van der Waals surface area contributed by atoms with Gasteiger partial charge in [0.2, 0.25) is 5.91 Å². The van der Waals surface area contributed by atoms with E-state index in [-0.39, 0.29) is 23.8 Å². The molecule has 2 unspecified atom stereocenters. The first-order valence-electron chi connectivity index (χ1n) is 10.7. The fraction of sp³-hybridized carbons (Fsp3) is 0.440. The van der Waals surface area contributed by atoms with Gasteiger partial charge in [0, 0.05) is 12.7 Å². The molecule has 0 aliphatic carbocycles. The van der Waals surface area contributed by atoms with Crippen molar-refractivity contribution in [1.82, 2.24) is 10.6 Å². The second-order valence-corrected chi connectivity index (χ2v) is 8.04. The highest BCUT2D eigenvalue weighted by atomic mass is 16.5. The summed E-state index contributed by atoms with van der Waals surface area (Å²) in [7, 11) is 3.18. The lowest BCUT2D eigenvalue weighted by Gasteiger charge is -2.24. The van der Waals surface area contributed by atoms with Gasteiger partial charge < -0.3 is 24.8 Å². The van der Waals surface area contributed by atoms with E-state index in [9.17, 15) is 9.59 Å². The van der Waals surface area contributed by atoms with E-state index in [0.717, 1.165) is 11.1 Å². The Hall–Kier alpha value is -3.06. The minimum atomic E-state index is -0.662. The van der Waals surface area contributed by atoms with Crippen LogP contribution in [0.3, 0.4) is 0 Å². The second-order valence-electron chi connectivity index (χ2n) is 8.04. The maximum absolute atomic E-state index is 13.0. The van der Waals surface area contributed by atoms with Crippen LogP contribution < -0.4 is 20.1 Å². The topological polar surface area (TPSA) is 85.9 Å². The molecular formula is C25H34N2O5. The number of carbonyl (C=O) groups is 2. The number of hydrogen-bond donors (Lipinski definition) is 2. The number of hydrogen-bond acceptors (Lipinski definition) is 5. The van der Waals surface area contributed by atoms with Crippen molar-refractivity contribution in [1.29, 1.82) is 0 Å². The van der Waals surface area contributed by atoms with Crippen molar-refractivity contribution in [2.45, 2.75) is 39.8 Å². The molecule has 0 saturated heterocycles. The molecule has 2 rings (SSSR count). The standard InChI is InChI=1S/C25H34N2O5/c1-16(2)23(27-24(28)19-9-7-17(3)8-10-19)25(29)26-18(4)20-11-12-21(22(15-20)31-6)32-14-13-30-5/h7-12,15-16,18,23H,13-14H2,1-6H3,(H,26,29)(H,27,28). The van der Waals surface area contributed by atoms with Crippen LogP contribution in [0, 0.1) is 12.8 Å². The highest BCUT2D eigenvalue weighted by molar-refractivity contribution is 5.97. The van der Waals surface area contributed by atoms with Crippen molar-refractivity contribution in [2.24, 2.45) is 5.92 Å². The average Bonchev–Trinajstić information content (AvgIpc) is 2.77. The Morgan fingerprint density at radius 3 is 2.19 bits per heavy atom. The Morgan fingerprint density at radius 2 is 1.59 bits per heavy atom. The molecule has 0 saturated carbocycles. The summed E-state index contributed by atoms with van der Waals surface area (Å²) in [5.74, 6) is 0.589. The normalized spacial score (nSPS) is 12.7. The molecule has 2 aromatic carbocycles. The minimum absolute atomic E-state index is 0.0808. The van der Waals surface area contributed by atoms with Gasteiger partial charge in [0.05, 0.1) is 19.8 Å². The molecule has 7 heteroatoms. The van der Waals surface area contributed by atoms with Crippen LogP contribution in [-0.2, 0) is 9.53 Å². The van der Waals surface area contributed by atoms with Gasteiger partial charge in [-0.15, -0.1) is 0 Å². The third kappa shape index (κ3) is 6.99. The highest BCUT2D eigenvalue weighted by Crippen LogP contribution is 2.30. The number of ether oxygens (including phenoxy) is 3. The summed E-state index contributed by atoms with van der Waals surface area (Å²) < 4.78 is 16.1. The molecule has 0 aliphatic rings. The summed E-state index contributed by atoms with van der Waals surface area (Å²) in [4.78, 5) is 25.6. The number of aryl methyl sites for hydroxylation is 1. The fourth-order valence-electron chi connectivity index (χ4n) is 3.16. The lowest BCUT2D eigenvalue weighted by molar-refractivity contribution is -0.124. The van der Waals surface area contributed by atoms with Crippen molar-refractivity contribution >= 4 is 11.8 Å². The van der Waals surface area contributed by atoms with Gasteiger partial charge >= 0.3 is 0 Å². The molecule has 2 N–H and O–H groups in total. The summed E-state index contributed by atoms with van der Waals surface area (Å²) in [5.41, 5.74) is 2.46. The van der Waals surface area contributed by atoms with Crippen LogP contribution in [0.1, 0.15) is 48.3 Å². The van der Waals surface area contributed by atoms with E-state index in [4.69, 9.17) is 14.2 Å². The van der Waals surface area contributed by atoms with E-state index in [2.05, 4.69) is 10.6 Å². The van der Waals surface area contributed by atoms with Gasteiger partial charge in [0.1, 0.15) is 12.6 Å². The zero-order chi connectivity index (χ0) is 23.7. The molecule has 32 heavy (non-hydrogen) atoms. The first kappa shape index (κ1) is 25.2. The zero-order valence-corrected chi connectivity index (χ0v) is 19.7. The number of amides is 2. The van der Waals surface area contributed by atoms with Gasteiger partial charge in [-0.25, -0.2) is 0 Å². The number of nitrogens with one attached hydrogen (secondary N) is 2. The third-order valence-corrected chi connectivity index (χ3v) is 5.14. The molecule has 2 atom stereocenters. The van der Waals surface area contributed by atoms with Crippen LogP contribution in [-0.4, -0.2) is 45.3 Å². The molecule has 0 aliphatic heterocycles. The van der Waals surface area contributed by atoms with Gasteiger partial charge in [0.25, 0.3) is 5.91 Å². The SMILES string of the molecule is COCCOc1ccc(C(C)NC(=O)C(NC(=O)c2ccc(C)cc2)C(C)C)cc1OC. The van der Waals surface area contributed by atoms with Crippen molar-refractivity contribution in [2.75, 3.05) is 27.4 Å². The van der Waals surface area contributed by atoms with Gasteiger partial charge in [-0.2, -0.15) is 0 Å². The molecule has 0 radical (unpaired) electrons. The minimum Gasteiger partial charge on any atom is -0.493 e. The lowest BCUT2D eigenvalue weighted by Crippen LogP contribution is -2.50. The molecule has 0 fully saturated rings. The van der Waals surface area contributed by atoms with Crippen LogP contribution in [0.5, 0.6) is 11.5 Å². The number of benzene rings is 2. The van der Waals surface area contributed by atoms with Crippen molar-refractivity contribution < 1.29 is 23.8 Å². The Kier molecular flexibility index (Phi) is 9.53. The Labute approximate surface area is 190 Å². The summed E-state index contributed by atoms with van der Waals surface area (Å²) in [5, 5.41) is 5.86. The molecule has 2 aromatic rings. The highest BCUT2D eigenvalue weighted by Gasteiger charge is 2.26. The number of rotatable bonds is 11. The Morgan fingerprint density at radius 1 is 0.906 bits per heavy atom. The van der Waals surface area contributed by atoms with Crippen LogP contribution in [0.4, 0.5) is 0 Å². The average molecular weight is 443 g/mol. The first-order valence-corrected chi connectivity index (χ1v) is 10.7. The van der Waals surface area contributed by atoms with E-state index in [0.29, 0.717) is 30.3 Å². The van der Waals surface area contributed by atoms with E-state index in [1.807, 2.05) is 58.0 Å². The van der Waals surface area contributed by atoms with E-state index in [1.165, 1.54) is 0 Å². The fourth-order valence-corrected chi connectivity index (χ4v) is 3.16. The number of methoxy groups -OCH3 is 2. The molecule has 2 amide bonds. The van der Waals surface area contributed by atoms with Crippen LogP contribution in [0.2, 0.25) is 0 Å². The summed E-state index contributed by atoms with van der Waals surface area (Å²) in [6, 6.07) is 11.8. The van der Waals surface area contributed by atoms with Crippen LogP contribution >= 0.6 is 0 Å². The molecule has 174 valence electrons. The van der Waals surface area contributed by atoms with Gasteiger partial charge in [-0.3, -0.25) is 9.59 Å². The Bertz CT molecular complexity index is 896. The summed E-state index contributed by atoms with van der Waals surface area (Å²) in [6.07, 6.45) is 0. The molecule has 0 bridgehead atoms. The van der Waals surface area contributed by atoms with E-state index >= 15 is 0 Å². The monoisotopic (exact) mass is 442 g/mol. The summed E-state index contributed by atoms with van der Waals surface area (Å²) in [6.45, 7) is 8.54. The van der Waals surface area contributed by atoms with Crippen molar-refractivity contribution in [3.8, 4) is 11.5 Å². The maximum atomic E-state index is 13.0. The van der Waals surface area contributed by atoms with E-state index in [1.54, 1.807) is 26.4 Å². The van der Waals surface area contributed by atoms with Crippen LogP contribution in [0.25, 0.3) is 0 Å². The Balaban J connectivity index is 2.07. The maximum Gasteiger partial charge on any atom is 0.251 e. The lowest BCUT2D eigenvalue weighted by atomic mass is 10.0. The smallest absolute Gasteiger partial charge is 0.251 e. The molecule has 0 spiro atoms. The first-order chi connectivity index (χ1) is 15.3. The predicted molar refractivity (Wildman–Crippen MR) is 124 cm³/mol. The number of carbonyl (C=O) groups excluding carboxylic acids is 2. The van der Waals surface area contributed by atoms with Crippen molar-refractivity contribution in [3.63, 3.8) is 0 Å². The van der Waals surface area contributed by atoms with Gasteiger partial charge in [-0.1, -0.05) is 37.6 Å². The van der Waals surface area contributed by atoms with Crippen molar-refractivity contribution in [3.05, 3.63) is 59.2 Å². The van der Waals surface area contributed by atoms with Gasteiger partial charge in [0.15, 0.2) is 11.5 Å². The largest absolute Gasteiger partial charge is 0.493 e. The molecule has 0 heterocycles.